The smallest absolute Gasteiger partial charge is 0.0740 e. The summed E-state index contributed by atoms with van der Waals surface area (Å²) in [5.74, 6) is 0. The molecule has 0 amide bonds. The van der Waals surface area contributed by atoms with E-state index < -0.39 is 0 Å². The maximum Gasteiger partial charge on any atom is 0.0740 e. The lowest BCUT2D eigenvalue weighted by molar-refractivity contribution is 0.278. The third kappa shape index (κ3) is 5.53. The van der Waals surface area contributed by atoms with Crippen molar-refractivity contribution in [1.82, 2.24) is 10.6 Å². The van der Waals surface area contributed by atoms with E-state index in [-0.39, 0.29) is 0 Å². The summed E-state index contributed by atoms with van der Waals surface area (Å²) in [6.07, 6.45) is 9.64. The van der Waals surface area contributed by atoms with Crippen LogP contribution in [-0.2, 0) is 0 Å². The average molecular weight is 211 g/mol. The van der Waals surface area contributed by atoms with Crippen molar-refractivity contribution >= 4 is 0 Å². The Morgan fingerprint density at radius 2 is 1.87 bits per heavy atom. The van der Waals surface area contributed by atoms with Crippen LogP contribution in [0.1, 0.15) is 65.7 Å². The quantitative estimate of drug-likeness (QED) is 0.718. The fraction of sp³-hybridized carbons (Fsp3) is 1.00. The van der Waals surface area contributed by atoms with E-state index in [1.807, 2.05) is 0 Å². The first-order chi connectivity index (χ1) is 7.22. The largest absolute Gasteiger partial charge is 0.298 e. The van der Waals surface area contributed by atoms with E-state index in [4.69, 9.17) is 5.32 Å². The molecule has 1 aliphatic carbocycles. The molecule has 1 radical (unpaired) electrons. The molecule has 1 unspecified atom stereocenters. The van der Waals surface area contributed by atoms with Crippen molar-refractivity contribution in [1.29, 1.82) is 0 Å². The minimum absolute atomic E-state index is 0.401. The molecule has 0 aliphatic heterocycles. The van der Waals surface area contributed by atoms with Crippen LogP contribution in [0.5, 0.6) is 0 Å². The standard InChI is InChI=1S/C13H27N2/c1-4-8-13(14-11(2)3)15-12-9-6-5-7-10-12/h11-14H,4-10H2,1-3H3. The first-order valence-corrected chi connectivity index (χ1v) is 6.68. The second kappa shape index (κ2) is 7.24. The Bertz CT molecular complexity index is 151. The van der Waals surface area contributed by atoms with Crippen LogP contribution in [-0.4, -0.2) is 18.2 Å². The van der Waals surface area contributed by atoms with Gasteiger partial charge in [-0.2, -0.15) is 0 Å². The summed E-state index contributed by atoms with van der Waals surface area (Å²) in [6.45, 7) is 6.66. The van der Waals surface area contributed by atoms with Gasteiger partial charge in [-0.1, -0.05) is 32.6 Å². The molecule has 1 fully saturated rings. The summed E-state index contributed by atoms with van der Waals surface area (Å²) in [5.41, 5.74) is 0. The third-order valence-electron chi connectivity index (χ3n) is 3.05. The van der Waals surface area contributed by atoms with Crippen LogP contribution in [0.15, 0.2) is 0 Å². The van der Waals surface area contributed by atoms with Crippen molar-refractivity contribution in [3.05, 3.63) is 0 Å². The number of hydrogen-bond acceptors (Lipinski definition) is 1. The average Bonchev–Trinajstić information content (AvgIpc) is 2.18. The van der Waals surface area contributed by atoms with Gasteiger partial charge in [0.25, 0.3) is 0 Å². The van der Waals surface area contributed by atoms with Crippen molar-refractivity contribution in [2.24, 2.45) is 0 Å². The third-order valence-corrected chi connectivity index (χ3v) is 3.05. The van der Waals surface area contributed by atoms with Gasteiger partial charge in [-0.25, -0.2) is 5.32 Å². The van der Waals surface area contributed by atoms with E-state index in [2.05, 4.69) is 26.1 Å². The molecule has 0 spiro atoms. The Balaban J connectivity index is 2.28. The fourth-order valence-electron chi connectivity index (χ4n) is 2.34. The van der Waals surface area contributed by atoms with Gasteiger partial charge >= 0.3 is 0 Å². The minimum atomic E-state index is 0.401. The Kier molecular flexibility index (Phi) is 6.26. The van der Waals surface area contributed by atoms with Crippen LogP contribution >= 0.6 is 0 Å². The molecular formula is C13H27N2. The SMILES string of the molecule is CCCC([N]C1CCCCC1)NC(C)C. The Morgan fingerprint density at radius 1 is 1.20 bits per heavy atom. The molecule has 1 N–H and O–H groups in total. The Hall–Kier alpha value is -0.0800. The lowest BCUT2D eigenvalue weighted by atomic mass is 9.95. The zero-order valence-electron chi connectivity index (χ0n) is 10.6. The second-order valence-electron chi connectivity index (χ2n) is 5.07. The van der Waals surface area contributed by atoms with Gasteiger partial charge in [0.1, 0.15) is 0 Å². The Morgan fingerprint density at radius 3 is 2.40 bits per heavy atom. The maximum absolute atomic E-state index is 4.95. The lowest BCUT2D eigenvalue weighted by Gasteiger charge is -2.28. The Labute approximate surface area is 95.2 Å². The molecule has 0 heterocycles. The van der Waals surface area contributed by atoms with Crippen LogP contribution in [0.3, 0.4) is 0 Å². The number of hydrogen-bond donors (Lipinski definition) is 1. The summed E-state index contributed by atoms with van der Waals surface area (Å²) in [6, 6.07) is 1.19. The van der Waals surface area contributed by atoms with Gasteiger partial charge < -0.3 is 0 Å². The molecule has 2 heteroatoms. The second-order valence-corrected chi connectivity index (χ2v) is 5.07. The number of rotatable bonds is 6. The van der Waals surface area contributed by atoms with Gasteiger partial charge in [-0.15, -0.1) is 0 Å². The first-order valence-electron chi connectivity index (χ1n) is 6.68. The van der Waals surface area contributed by atoms with Gasteiger partial charge in [-0.05, 0) is 33.1 Å². The van der Waals surface area contributed by atoms with Crippen LogP contribution in [0.25, 0.3) is 0 Å². The van der Waals surface area contributed by atoms with Crippen LogP contribution < -0.4 is 10.6 Å². The van der Waals surface area contributed by atoms with Crippen molar-refractivity contribution < 1.29 is 0 Å². The van der Waals surface area contributed by atoms with Crippen LogP contribution in [0.4, 0.5) is 0 Å². The maximum atomic E-state index is 4.95. The number of nitrogens with zero attached hydrogens (tertiary/aromatic N) is 1. The highest BCUT2D eigenvalue weighted by molar-refractivity contribution is 4.76. The number of nitrogens with one attached hydrogen (secondary N) is 1. The van der Waals surface area contributed by atoms with Gasteiger partial charge in [0.15, 0.2) is 0 Å². The molecule has 0 bridgehead atoms. The normalized spacial score (nSPS) is 20.8. The molecule has 2 nitrogen and oxygen atoms in total. The highest BCUT2D eigenvalue weighted by atomic mass is 15.1. The zero-order chi connectivity index (χ0) is 11.1. The van der Waals surface area contributed by atoms with Crippen LogP contribution in [0, 0.1) is 0 Å². The summed E-state index contributed by atoms with van der Waals surface area (Å²) >= 11 is 0. The first kappa shape index (κ1) is 13.0. The molecule has 1 rings (SSSR count). The van der Waals surface area contributed by atoms with Crippen molar-refractivity contribution in [3.8, 4) is 0 Å². The van der Waals surface area contributed by atoms with Crippen LogP contribution in [0.2, 0.25) is 0 Å². The lowest BCUT2D eigenvalue weighted by Crippen LogP contribution is -2.45. The summed E-state index contributed by atoms with van der Waals surface area (Å²) in [4.78, 5) is 0. The van der Waals surface area contributed by atoms with Gasteiger partial charge in [0.05, 0.1) is 6.17 Å². The molecule has 1 atom stereocenters. The molecule has 0 aromatic heterocycles. The van der Waals surface area contributed by atoms with Gasteiger partial charge in [-0.3, -0.25) is 5.32 Å². The van der Waals surface area contributed by atoms with Crippen molar-refractivity contribution in [3.63, 3.8) is 0 Å². The van der Waals surface area contributed by atoms with E-state index in [1.54, 1.807) is 0 Å². The van der Waals surface area contributed by atoms with E-state index in [0.717, 1.165) is 0 Å². The van der Waals surface area contributed by atoms with E-state index in [1.165, 1.54) is 44.9 Å². The molecular weight excluding hydrogens is 184 g/mol. The molecule has 1 saturated carbocycles. The van der Waals surface area contributed by atoms with Gasteiger partial charge in [0.2, 0.25) is 0 Å². The molecule has 15 heavy (non-hydrogen) atoms. The minimum Gasteiger partial charge on any atom is -0.298 e. The molecule has 0 aromatic rings. The zero-order valence-corrected chi connectivity index (χ0v) is 10.6. The van der Waals surface area contributed by atoms with E-state index in [9.17, 15) is 0 Å². The predicted molar refractivity (Wildman–Crippen MR) is 66.0 cm³/mol. The van der Waals surface area contributed by atoms with Crippen molar-refractivity contribution in [2.75, 3.05) is 0 Å². The summed E-state index contributed by atoms with van der Waals surface area (Å²) < 4.78 is 0. The van der Waals surface area contributed by atoms with Gasteiger partial charge in [0, 0.05) is 12.1 Å². The summed E-state index contributed by atoms with van der Waals surface area (Å²) in [7, 11) is 0. The molecule has 0 aromatic carbocycles. The van der Waals surface area contributed by atoms with E-state index in [0.29, 0.717) is 18.2 Å². The monoisotopic (exact) mass is 211 g/mol. The molecule has 89 valence electrons. The highest BCUT2D eigenvalue weighted by Crippen LogP contribution is 2.19. The van der Waals surface area contributed by atoms with Crippen molar-refractivity contribution in [2.45, 2.75) is 84.0 Å². The van der Waals surface area contributed by atoms with E-state index >= 15 is 0 Å². The summed E-state index contributed by atoms with van der Waals surface area (Å²) in [5, 5.41) is 8.52. The predicted octanol–water partition coefficient (Wildman–Crippen LogP) is 3.05. The topological polar surface area (TPSA) is 26.1 Å². The fourth-order valence-corrected chi connectivity index (χ4v) is 2.34. The molecule has 0 saturated heterocycles. The molecule has 1 aliphatic rings. The highest BCUT2D eigenvalue weighted by Gasteiger charge is 2.18.